The van der Waals surface area contributed by atoms with E-state index < -0.39 is 9.84 Å². The third-order valence-electron chi connectivity index (χ3n) is 3.05. The number of hydrogen-bond donors (Lipinski definition) is 0. The number of sulfone groups is 1. The summed E-state index contributed by atoms with van der Waals surface area (Å²) in [4.78, 5) is 0.323. The lowest BCUT2D eigenvalue weighted by molar-refractivity contribution is 0.602. The highest BCUT2D eigenvalue weighted by Crippen LogP contribution is 2.37. The monoisotopic (exact) mass is 263 g/mol. The highest BCUT2D eigenvalue weighted by atomic mass is 32.2. The molecule has 18 heavy (non-hydrogen) atoms. The van der Waals surface area contributed by atoms with Crippen LogP contribution in [0.25, 0.3) is 11.4 Å². The summed E-state index contributed by atoms with van der Waals surface area (Å²) in [5.41, 5.74) is 0.895. The van der Waals surface area contributed by atoms with Gasteiger partial charge in [-0.2, -0.15) is 0 Å². The molecule has 1 heterocycles. The first-order valence-electron chi connectivity index (χ1n) is 5.76. The Kier molecular flexibility index (Phi) is 2.48. The second kappa shape index (κ2) is 3.91. The van der Waals surface area contributed by atoms with E-state index in [1.54, 1.807) is 30.6 Å². The van der Waals surface area contributed by atoms with Crippen molar-refractivity contribution in [1.29, 1.82) is 0 Å². The van der Waals surface area contributed by atoms with Gasteiger partial charge in [-0.15, -0.1) is 10.2 Å². The minimum absolute atomic E-state index is 0.323. The Morgan fingerprint density at radius 3 is 2.44 bits per heavy atom. The molecule has 94 valence electrons. The first-order valence-corrected chi connectivity index (χ1v) is 7.65. The van der Waals surface area contributed by atoms with Crippen molar-refractivity contribution in [1.82, 2.24) is 14.8 Å². The van der Waals surface area contributed by atoms with Crippen LogP contribution in [0.1, 0.15) is 18.9 Å². The highest BCUT2D eigenvalue weighted by Gasteiger charge is 2.26. The quantitative estimate of drug-likeness (QED) is 0.845. The summed E-state index contributed by atoms with van der Waals surface area (Å²) in [7, 11) is -3.15. The van der Waals surface area contributed by atoms with Crippen LogP contribution in [0, 0.1) is 0 Å². The maximum atomic E-state index is 11.4. The molecule has 0 atom stereocenters. The molecule has 6 heteroatoms. The summed E-state index contributed by atoms with van der Waals surface area (Å²) in [6.45, 7) is 0. The van der Waals surface area contributed by atoms with E-state index in [-0.39, 0.29) is 0 Å². The first kappa shape index (κ1) is 11.4. The molecule has 0 spiro atoms. The van der Waals surface area contributed by atoms with Crippen molar-refractivity contribution in [3.8, 4) is 11.4 Å². The minimum Gasteiger partial charge on any atom is -0.310 e. The van der Waals surface area contributed by atoms with Crippen LogP contribution in [0.15, 0.2) is 35.5 Å². The Hall–Kier alpha value is -1.69. The molecule has 1 aromatic carbocycles. The van der Waals surface area contributed by atoms with Gasteiger partial charge in [-0.05, 0) is 37.1 Å². The van der Waals surface area contributed by atoms with E-state index in [9.17, 15) is 8.42 Å². The molecule has 1 fully saturated rings. The molecule has 1 aliphatic carbocycles. The molecule has 5 nitrogen and oxygen atoms in total. The van der Waals surface area contributed by atoms with Gasteiger partial charge in [0.15, 0.2) is 15.7 Å². The summed E-state index contributed by atoms with van der Waals surface area (Å²) in [5, 5.41) is 8.03. The van der Waals surface area contributed by atoms with E-state index in [1.807, 2.05) is 0 Å². The Balaban J connectivity index is 2.00. The van der Waals surface area contributed by atoms with Gasteiger partial charge in [-0.3, -0.25) is 0 Å². The lowest BCUT2D eigenvalue weighted by atomic mass is 10.2. The van der Waals surface area contributed by atoms with Gasteiger partial charge in [0.2, 0.25) is 0 Å². The zero-order valence-electron chi connectivity index (χ0n) is 9.94. The van der Waals surface area contributed by atoms with Gasteiger partial charge in [-0.1, -0.05) is 0 Å². The molecule has 0 unspecified atom stereocenters. The lowest BCUT2D eigenvalue weighted by Crippen LogP contribution is -1.98. The summed E-state index contributed by atoms with van der Waals surface area (Å²) in [6.07, 6.45) is 5.26. The third-order valence-corrected chi connectivity index (χ3v) is 4.18. The summed E-state index contributed by atoms with van der Waals surface area (Å²) in [6, 6.07) is 7.27. The molecule has 0 aliphatic heterocycles. The van der Waals surface area contributed by atoms with Gasteiger partial charge in [0.25, 0.3) is 0 Å². The molecule has 3 rings (SSSR count). The molecule has 2 aromatic rings. The molecular weight excluding hydrogens is 250 g/mol. The third kappa shape index (κ3) is 2.03. The number of rotatable bonds is 3. The number of nitrogens with zero attached hydrogens (tertiary/aromatic N) is 3. The van der Waals surface area contributed by atoms with Crippen LogP contribution in [0.2, 0.25) is 0 Å². The average Bonchev–Trinajstić information content (AvgIpc) is 3.06. The van der Waals surface area contributed by atoms with Crippen molar-refractivity contribution in [2.24, 2.45) is 0 Å². The van der Waals surface area contributed by atoms with E-state index in [0.717, 1.165) is 24.2 Å². The standard InChI is InChI=1S/C12H13N3O2S/c1-18(16,17)11-6-2-9(3-7-11)12-14-13-8-15(12)10-4-5-10/h2-3,6-8,10H,4-5H2,1H3. The van der Waals surface area contributed by atoms with Gasteiger partial charge < -0.3 is 4.57 Å². The predicted molar refractivity (Wildman–Crippen MR) is 66.8 cm³/mol. The fourth-order valence-electron chi connectivity index (χ4n) is 1.92. The molecule has 0 radical (unpaired) electrons. The van der Waals surface area contributed by atoms with E-state index >= 15 is 0 Å². The molecule has 1 saturated carbocycles. The van der Waals surface area contributed by atoms with E-state index in [4.69, 9.17) is 0 Å². The predicted octanol–water partition coefficient (Wildman–Crippen LogP) is 1.68. The largest absolute Gasteiger partial charge is 0.310 e. The lowest BCUT2D eigenvalue weighted by Gasteiger charge is -2.05. The topological polar surface area (TPSA) is 64.8 Å². The fourth-order valence-corrected chi connectivity index (χ4v) is 2.55. The van der Waals surface area contributed by atoms with Crippen LogP contribution in [-0.2, 0) is 9.84 Å². The molecule has 0 bridgehead atoms. The number of hydrogen-bond acceptors (Lipinski definition) is 4. The van der Waals surface area contributed by atoms with Crippen molar-refractivity contribution < 1.29 is 8.42 Å². The molecular formula is C12H13N3O2S. The molecule has 0 amide bonds. The van der Waals surface area contributed by atoms with Crippen LogP contribution in [0.3, 0.4) is 0 Å². The van der Waals surface area contributed by atoms with Gasteiger partial charge >= 0.3 is 0 Å². The fraction of sp³-hybridized carbons (Fsp3) is 0.333. The maximum Gasteiger partial charge on any atom is 0.175 e. The second-order valence-electron chi connectivity index (χ2n) is 4.59. The van der Waals surface area contributed by atoms with Gasteiger partial charge in [0.1, 0.15) is 6.33 Å². The number of benzene rings is 1. The Labute approximate surface area is 105 Å². The van der Waals surface area contributed by atoms with Crippen LogP contribution in [-0.4, -0.2) is 29.4 Å². The Morgan fingerprint density at radius 1 is 1.22 bits per heavy atom. The highest BCUT2D eigenvalue weighted by molar-refractivity contribution is 7.90. The second-order valence-corrected chi connectivity index (χ2v) is 6.61. The zero-order chi connectivity index (χ0) is 12.8. The van der Waals surface area contributed by atoms with E-state index in [2.05, 4.69) is 14.8 Å². The van der Waals surface area contributed by atoms with Crippen molar-refractivity contribution in [3.05, 3.63) is 30.6 Å². The summed E-state index contributed by atoms with van der Waals surface area (Å²) >= 11 is 0. The van der Waals surface area contributed by atoms with Crippen LogP contribution >= 0.6 is 0 Å². The molecule has 1 aromatic heterocycles. The summed E-state index contributed by atoms with van der Waals surface area (Å²) in [5.74, 6) is 0.803. The summed E-state index contributed by atoms with van der Waals surface area (Å²) < 4.78 is 24.8. The van der Waals surface area contributed by atoms with Crippen LogP contribution in [0.4, 0.5) is 0 Å². The van der Waals surface area contributed by atoms with E-state index in [0.29, 0.717) is 10.9 Å². The molecule has 0 N–H and O–H groups in total. The SMILES string of the molecule is CS(=O)(=O)c1ccc(-c2nncn2C2CC2)cc1. The van der Waals surface area contributed by atoms with Gasteiger partial charge in [0, 0.05) is 17.9 Å². The Morgan fingerprint density at radius 2 is 1.89 bits per heavy atom. The van der Waals surface area contributed by atoms with Crippen molar-refractivity contribution in [3.63, 3.8) is 0 Å². The number of aromatic nitrogens is 3. The Bertz CT molecular complexity index is 670. The normalized spacial score (nSPS) is 15.8. The minimum atomic E-state index is -3.15. The van der Waals surface area contributed by atoms with Crippen molar-refractivity contribution in [2.75, 3.05) is 6.26 Å². The van der Waals surface area contributed by atoms with Gasteiger partial charge in [0.05, 0.1) is 4.90 Å². The van der Waals surface area contributed by atoms with Gasteiger partial charge in [-0.25, -0.2) is 8.42 Å². The zero-order valence-corrected chi connectivity index (χ0v) is 10.8. The van der Waals surface area contributed by atoms with Crippen molar-refractivity contribution >= 4 is 9.84 Å². The average molecular weight is 263 g/mol. The van der Waals surface area contributed by atoms with E-state index in [1.165, 1.54) is 6.26 Å². The smallest absolute Gasteiger partial charge is 0.175 e. The maximum absolute atomic E-state index is 11.4. The van der Waals surface area contributed by atoms with Crippen LogP contribution < -0.4 is 0 Å². The van der Waals surface area contributed by atoms with Crippen LogP contribution in [0.5, 0.6) is 0 Å². The molecule has 0 saturated heterocycles. The van der Waals surface area contributed by atoms with Crippen molar-refractivity contribution in [2.45, 2.75) is 23.8 Å². The molecule has 1 aliphatic rings. The first-order chi connectivity index (χ1) is 8.55.